The van der Waals surface area contributed by atoms with Gasteiger partial charge >= 0.3 is 0 Å². The van der Waals surface area contributed by atoms with Gasteiger partial charge in [-0.3, -0.25) is 0 Å². The van der Waals surface area contributed by atoms with Crippen molar-refractivity contribution in [3.8, 4) is 0 Å². The summed E-state index contributed by atoms with van der Waals surface area (Å²) in [5.41, 5.74) is 5.92. The van der Waals surface area contributed by atoms with Gasteiger partial charge in [-0.15, -0.1) is 0 Å². The highest BCUT2D eigenvalue weighted by Gasteiger charge is 2.22. The van der Waals surface area contributed by atoms with Crippen LogP contribution in [0, 0.1) is 5.82 Å². The van der Waals surface area contributed by atoms with Crippen molar-refractivity contribution in [2.75, 3.05) is 0 Å². The van der Waals surface area contributed by atoms with E-state index in [9.17, 15) is 4.39 Å². The van der Waals surface area contributed by atoms with E-state index >= 15 is 0 Å². The van der Waals surface area contributed by atoms with E-state index in [1.54, 1.807) is 12.1 Å². The van der Waals surface area contributed by atoms with Crippen LogP contribution in [0.4, 0.5) is 4.39 Å². The van der Waals surface area contributed by atoms with E-state index in [4.69, 9.17) is 5.73 Å². The summed E-state index contributed by atoms with van der Waals surface area (Å²) in [4.78, 5) is 0. The lowest BCUT2D eigenvalue weighted by atomic mass is 9.90. The van der Waals surface area contributed by atoms with Gasteiger partial charge in [0.15, 0.2) is 0 Å². The maximum absolute atomic E-state index is 13.4. The van der Waals surface area contributed by atoms with Crippen molar-refractivity contribution in [3.63, 3.8) is 0 Å². The Hall–Kier alpha value is -0.410. The van der Waals surface area contributed by atoms with Crippen molar-refractivity contribution in [2.24, 2.45) is 5.73 Å². The van der Waals surface area contributed by atoms with Gasteiger partial charge in [-0.25, -0.2) is 4.39 Å². The Kier molecular flexibility index (Phi) is 3.09. The average Bonchev–Trinajstić information content (AvgIpc) is 2.09. The second-order valence-corrected chi connectivity index (χ2v) is 4.31. The molecular formula is C10H13BrFN. The lowest BCUT2D eigenvalue weighted by molar-refractivity contribution is 0.445. The minimum absolute atomic E-state index is 0.241. The highest BCUT2D eigenvalue weighted by Crippen LogP contribution is 2.26. The fourth-order valence-electron chi connectivity index (χ4n) is 1.13. The summed E-state index contributed by atoms with van der Waals surface area (Å²) in [6.45, 7) is 3.78. The van der Waals surface area contributed by atoms with Gasteiger partial charge in [0.05, 0.1) is 0 Å². The Morgan fingerprint density at radius 1 is 1.54 bits per heavy atom. The minimum Gasteiger partial charge on any atom is -0.322 e. The minimum atomic E-state index is -0.589. The maximum Gasteiger partial charge on any atom is 0.128 e. The molecule has 0 spiro atoms. The molecule has 2 N–H and O–H groups in total. The second kappa shape index (κ2) is 3.76. The SMILES string of the molecule is CC[C@](C)(N)c1cc(Br)ccc1F. The molecule has 13 heavy (non-hydrogen) atoms. The molecule has 0 aliphatic carbocycles. The molecule has 0 amide bonds. The highest BCUT2D eigenvalue weighted by atomic mass is 79.9. The van der Waals surface area contributed by atoms with Crippen LogP contribution in [0.5, 0.6) is 0 Å². The first-order valence-corrected chi connectivity index (χ1v) is 5.01. The zero-order valence-electron chi connectivity index (χ0n) is 7.77. The molecule has 1 aromatic rings. The first-order chi connectivity index (χ1) is 5.97. The summed E-state index contributed by atoms with van der Waals surface area (Å²) in [6.07, 6.45) is 0.709. The van der Waals surface area contributed by atoms with Gasteiger partial charge in [0.25, 0.3) is 0 Å². The summed E-state index contributed by atoms with van der Waals surface area (Å²) >= 11 is 3.30. The molecule has 3 heteroatoms. The fourth-order valence-corrected chi connectivity index (χ4v) is 1.49. The number of nitrogens with two attached hydrogens (primary N) is 1. The van der Waals surface area contributed by atoms with Crippen LogP contribution in [0.1, 0.15) is 25.8 Å². The van der Waals surface area contributed by atoms with E-state index < -0.39 is 5.54 Å². The molecular weight excluding hydrogens is 233 g/mol. The molecule has 1 atom stereocenters. The van der Waals surface area contributed by atoms with Crippen LogP contribution in [0.2, 0.25) is 0 Å². The maximum atomic E-state index is 13.4. The summed E-state index contributed by atoms with van der Waals surface area (Å²) in [5, 5.41) is 0. The second-order valence-electron chi connectivity index (χ2n) is 3.40. The first-order valence-electron chi connectivity index (χ1n) is 4.22. The quantitative estimate of drug-likeness (QED) is 0.852. The largest absolute Gasteiger partial charge is 0.322 e. The fraction of sp³-hybridized carbons (Fsp3) is 0.400. The van der Waals surface area contributed by atoms with Crippen LogP contribution in [0.25, 0.3) is 0 Å². The molecule has 1 aromatic carbocycles. The van der Waals surface area contributed by atoms with E-state index in [-0.39, 0.29) is 5.82 Å². The van der Waals surface area contributed by atoms with Crippen molar-refractivity contribution < 1.29 is 4.39 Å². The summed E-state index contributed by atoms with van der Waals surface area (Å²) in [6, 6.07) is 4.84. The number of halogens is 2. The Balaban J connectivity index is 3.20. The summed E-state index contributed by atoms with van der Waals surface area (Å²) in [5.74, 6) is -0.241. The van der Waals surface area contributed by atoms with Crippen LogP contribution >= 0.6 is 15.9 Å². The molecule has 0 unspecified atom stereocenters. The van der Waals surface area contributed by atoms with E-state index in [1.165, 1.54) is 6.07 Å². The predicted molar refractivity (Wildman–Crippen MR) is 55.9 cm³/mol. The highest BCUT2D eigenvalue weighted by molar-refractivity contribution is 9.10. The van der Waals surface area contributed by atoms with Crippen LogP contribution in [-0.2, 0) is 5.54 Å². The average molecular weight is 246 g/mol. The standard InChI is InChI=1S/C10H13BrFN/c1-3-10(2,13)8-6-7(11)4-5-9(8)12/h4-6H,3,13H2,1-2H3/t10-/m0/s1. The Morgan fingerprint density at radius 2 is 2.15 bits per heavy atom. The predicted octanol–water partition coefficient (Wildman–Crippen LogP) is 3.17. The van der Waals surface area contributed by atoms with Gasteiger partial charge < -0.3 is 5.73 Å². The molecule has 0 heterocycles. The van der Waals surface area contributed by atoms with E-state index in [1.807, 2.05) is 13.8 Å². The normalized spacial score (nSPS) is 15.5. The van der Waals surface area contributed by atoms with Gasteiger partial charge in [0, 0.05) is 15.6 Å². The smallest absolute Gasteiger partial charge is 0.128 e. The molecule has 0 saturated carbocycles. The van der Waals surface area contributed by atoms with Crippen LogP contribution < -0.4 is 5.73 Å². The van der Waals surface area contributed by atoms with Crippen molar-refractivity contribution in [1.82, 2.24) is 0 Å². The molecule has 0 bridgehead atoms. The number of benzene rings is 1. The van der Waals surface area contributed by atoms with E-state index in [0.717, 1.165) is 4.47 Å². The molecule has 1 nitrogen and oxygen atoms in total. The lowest BCUT2D eigenvalue weighted by Gasteiger charge is -2.23. The van der Waals surface area contributed by atoms with Crippen molar-refractivity contribution in [1.29, 1.82) is 0 Å². The molecule has 1 rings (SSSR count). The molecule has 0 aliphatic rings. The monoisotopic (exact) mass is 245 g/mol. The Labute approximate surface area is 86.3 Å². The number of rotatable bonds is 2. The van der Waals surface area contributed by atoms with Gasteiger partial charge in [-0.2, -0.15) is 0 Å². The molecule has 0 saturated heterocycles. The zero-order chi connectivity index (χ0) is 10.1. The molecule has 0 radical (unpaired) electrons. The third kappa shape index (κ3) is 2.29. The third-order valence-corrected chi connectivity index (χ3v) is 2.77. The van der Waals surface area contributed by atoms with Crippen LogP contribution in [0.3, 0.4) is 0 Å². The van der Waals surface area contributed by atoms with Crippen molar-refractivity contribution in [2.45, 2.75) is 25.8 Å². The Bertz CT molecular complexity index is 310. The molecule has 0 fully saturated rings. The van der Waals surface area contributed by atoms with Crippen LogP contribution in [-0.4, -0.2) is 0 Å². The number of hydrogen-bond acceptors (Lipinski definition) is 1. The van der Waals surface area contributed by atoms with Gasteiger partial charge in [0.2, 0.25) is 0 Å². The third-order valence-electron chi connectivity index (χ3n) is 2.28. The zero-order valence-corrected chi connectivity index (χ0v) is 9.36. The van der Waals surface area contributed by atoms with E-state index in [2.05, 4.69) is 15.9 Å². The van der Waals surface area contributed by atoms with Crippen molar-refractivity contribution in [3.05, 3.63) is 34.1 Å². The first kappa shape index (κ1) is 10.7. The summed E-state index contributed by atoms with van der Waals surface area (Å²) < 4.78 is 14.2. The van der Waals surface area contributed by atoms with Gasteiger partial charge in [-0.1, -0.05) is 22.9 Å². The summed E-state index contributed by atoms with van der Waals surface area (Å²) in [7, 11) is 0. The molecule has 0 aromatic heterocycles. The molecule has 72 valence electrons. The van der Waals surface area contributed by atoms with Crippen molar-refractivity contribution >= 4 is 15.9 Å². The lowest BCUT2D eigenvalue weighted by Crippen LogP contribution is -2.33. The topological polar surface area (TPSA) is 26.0 Å². The van der Waals surface area contributed by atoms with Crippen LogP contribution in [0.15, 0.2) is 22.7 Å². The van der Waals surface area contributed by atoms with Gasteiger partial charge in [0.1, 0.15) is 5.82 Å². The Morgan fingerprint density at radius 3 is 2.69 bits per heavy atom. The number of hydrogen-bond donors (Lipinski definition) is 1. The van der Waals surface area contributed by atoms with E-state index in [0.29, 0.717) is 12.0 Å². The van der Waals surface area contributed by atoms with Gasteiger partial charge in [-0.05, 0) is 31.5 Å². The molecule has 0 aliphatic heterocycles.